The van der Waals surface area contributed by atoms with E-state index >= 15 is 0 Å². The third-order valence-corrected chi connectivity index (χ3v) is 5.70. The first-order valence-corrected chi connectivity index (χ1v) is 11.9. The second-order valence-electron chi connectivity index (χ2n) is 7.10. The molecule has 1 amide bonds. The third-order valence-electron chi connectivity index (χ3n) is 4.52. The number of halogens is 2. The molecule has 0 atom stereocenters. The lowest BCUT2D eigenvalue weighted by atomic mass is 10.2. The number of nitro groups is 1. The number of ether oxygens (including phenoxy) is 2. The quantitative estimate of drug-likeness (QED) is 0.171. The summed E-state index contributed by atoms with van der Waals surface area (Å²) in [6.45, 7) is 2.89. The van der Waals surface area contributed by atoms with Crippen LogP contribution in [0.25, 0.3) is 0 Å². The minimum absolute atomic E-state index is 0.0276. The maximum Gasteiger partial charge on any atom is 0.271 e. The summed E-state index contributed by atoms with van der Waals surface area (Å²) in [5.74, 6) is 0.955. The lowest BCUT2D eigenvalue weighted by Crippen LogP contribution is -2.17. The van der Waals surface area contributed by atoms with Crippen LogP contribution >= 0.6 is 31.9 Å². The minimum Gasteiger partial charge on any atom is -0.494 e. The molecule has 0 heterocycles. The zero-order chi connectivity index (χ0) is 24.5. The van der Waals surface area contributed by atoms with Crippen molar-refractivity contribution in [1.82, 2.24) is 5.43 Å². The van der Waals surface area contributed by atoms with Crippen LogP contribution in [0.15, 0.2) is 74.7 Å². The van der Waals surface area contributed by atoms with E-state index in [1.807, 2.05) is 6.92 Å². The van der Waals surface area contributed by atoms with Gasteiger partial charge in [0.15, 0.2) is 0 Å². The van der Waals surface area contributed by atoms with Gasteiger partial charge >= 0.3 is 0 Å². The number of benzene rings is 3. The van der Waals surface area contributed by atoms with E-state index in [1.54, 1.807) is 48.5 Å². The highest BCUT2D eigenvalue weighted by Crippen LogP contribution is 2.35. The summed E-state index contributed by atoms with van der Waals surface area (Å²) in [6, 6.07) is 16.6. The predicted octanol–water partition coefficient (Wildman–Crippen LogP) is 6.25. The summed E-state index contributed by atoms with van der Waals surface area (Å²) in [4.78, 5) is 22.6. The number of non-ortho nitro benzene ring substituents is 1. The van der Waals surface area contributed by atoms with E-state index in [0.717, 1.165) is 17.5 Å². The van der Waals surface area contributed by atoms with Gasteiger partial charge in [-0.25, -0.2) is 5.43 Å². The van der Waals surface area contributed by atoms with Gasteiger partial charge in [-0.3, -0.25) is 14.9 Å². The number of rotatable bonds is 10. The standard InChI is InChI=1S/C24H21Br2N3O5/c1-2-11-33-20-9-5-18(6-10-20)24(30)28-27-14-17-12-21(25)23(22(26)13-17)34-15-16-3-7-19(8-4-16)29(31)32/h3-10,12-14H,2,11,15H2,1H3,(H,28,30)/b27-14+. The smallest absolute Gasteiger partial charge is 0.271 e. The average Bonchev–Trinajstić information content (AvgIpc) is 2.82. The predicted molar refractivity (Wildman–Crippen MR) is 137 cm³/mol. The molecule has 0 aromatic heterocycles. The Morgan fingerprint density at radius 3 is 2.29 bits per heavy atom. The third kappa shape index (κ3) is 7.13. The van der Waals surface area contributed by atoms with Gasteiger partial charge in [-0.05, 0) is 97.9 Å². The van der Waals surface area contributed by atoms with Crippen LogP contribution in [-0.4, -0.2) is 23.7 Å². The number of carbonyl (C=O) groups is 1. The first kappa shape index (κ1) is 25.4. The molecule has 0 unspecified atom stereocenters. The van der Waals surface area contributed by atoms with Crippen molar-refractivity contribution in [2.45, 2.75) is 20.0 Å². The molecule has 34 heavy (non-hydrogen) atoms. The molecule has 3 aromatic carbocycles. The van der Waals surface area contributed by atoms with Crippen molar-refractivity contribution in [2.75, 3.05) is 6.61 Å². The number of nitrogens with one attached hydrogen (secondary N) is 1. The van der Waals surface area contributed by atoms with Crippen molar-refractivity contribution in [1.29, 1.82) is 0 Å². The summed E-state index contributed by atoms with van der Waals surface area (Å²) < 4.78 is 12.7. The Bertz CT molecular complexity index is 1160. The Kier molecular flexibility index (Phi) is 9.17. The van der Waals surface area contributed by atoms with Crippen molar-refractivity contribution in [2.24, 2.45) is 5.10 Å². The van der Waals surface area contributed by atoms with E-state index in [1.165, 1.54) is 18.3 Å². The minimum atomic E-state index is -0.445. The number of hydrogen-bond donors (Lipinski definition) is 1. The molecule has 0 saturated heterocycles. The van der Waals surface area contributed by atoms with Crippen molar-refractivity contribution < 1.29 is 19.2 Å². The molecule has 3 rings (SSSR count). The molecule has 0 spiro atoms. The van der Waals surface area contributed by atoms with E-state index < -0.39 is 4.92 Å². The molecule has 8 nitrogen and oxygen atoms in total. The molecule has 176 valence electrons. The Morgan fingerprint density at radius 1 is 1.06 bits per heavy atom. The molecular weight excluding hydrogens is 570 g/mol. The Hall–Kier alpha value is -3.24. The van der Waals surface area contributed by atoms with Gasteiger partial charge in [0.25, 0.3) is 11.6 Å². The Balaban J connectivity index is 1.58. The molecule has 0 fully saturated rings. The first-order chi connectivity index (χ1) is 16.4. The van der Waals surface area contributed by atoms with E-state index in [4.69, 9.17) is 9.47 Å². The van der Waals surface area contributed by atoms with E-state index in [9.17, 15) is 14.9 Å². The molecular formula is C24H21Br2N3O5. The maximum absolute atomic E-state index is 12.3. The lowest BCUT2D eigenvalue weighted by molar-refractivity contribution is -0.384. The van der Waals surface area contributed by atoms with Gasteiger partial charge in [0, 0.05) is 17.7 Å². The van der Waals surface area contributed by atoms with E-state index in [-0.39, 0.29) is 18.2 Å². The fourth-order valence-corrected chi connectivity index (χ4v) is 4.26. The number of hydrogen-bond acceptors (Lipinski definition) is 6. The second kappa shape index (κ2) is 12.3. The largest absolute Gasteiger partial charge is 0.494 e. The van der Waals surface area contributed by atoms with Crippen molar-refractivity contribution in [3.8, 4) is 11.5 Å². The molecule has 0 bridgehead atoms. The Labute approximate surface area is 213 Å². The first-order valence-electron chi connectivity index (χ1n) is 10.3. The average molecular weight is 591 g/mol. The topological polar surface area (TPSA) is 103 Å². The Morgan fingerprint density at radius 2 is 1.71 bits per heavy atom. The number of carbonyl (C=O) groups excluding carboxylic acids is 1. The maximum atomic E-state index is 12.3. The molecule has 0 radical (unpaired) electrons. The van der Waals surface area contributed by atoms with Gasteiger partial charge in [-0.1, -0.05) is 6.92 Å². The van der Waals surface area contributed by atoms with E-state index in [2.05, 4.69) is 42.4 Å². The number of nitro benzene ring substituents is 1. The van der Waals surface area contributed by atoms with Crippen LogP contribution in [0, 0.1) is 10.1 Å². The second-order valence-corrected chi connectivity index (χ2v) is 8.81. The zero-order valence-electron chi connectivity index (χ0n) is 18.2. The summed E-state index contributed by atoms with van der Waals surface area (Å²) in [7, 11) is 0. The van der Waals surface area contributed by atoms with E-state index in [0.29, 0.717) is 32.6 Å². The van der Waals surface area contributed by atoms with Gasteiger partial charge in [0.1, 0.15) is 18.1 Å². The van der Waals surface area contributed by atoms with Crippen molar-refractivity contribution in [3.05, 3.63) is 96.4 Å². The molecule has 10 heteroatoms. The highest BCUT2D eigenvalue weighted by molar-refractivity contribution is 9.11. The van der Waals surface area contributed by atoms with Crippen molar-refractivity contribution >= 4 is 49.7 Å². The molecule has 1 N–H and O–H groups in total. The van der Waals surface area contributed by atoms with Gasteiger partial charge in [0.2, 0.25) is 0 Å². The lowest BCUT2D eigenvalue weighted by Gasteiger charge is -2.11. The molecule has 3 aromatic rings. The number of hydrazone groups is 1. The molecule has 0 aliphatic heterocycles. The number of amides is 1. The van der Waals surface area contributed by atoms with Crippen molar-refractivity contribution in [3.63, 3.8) is 0 Å². The summed E-state index contributed by atoms with van der Waals surface area (Å²) in [6.07, 6.45) is 2.43. The number of nitrogens with zero attached hydrogens (tertiary/aromatic N) is 2. The van der Waals surface area contributed by atoms with Gasteiger partial charge in [-0.2, -0.15) is 5.10 Å². The fraction of sp³-hybridized carbons (Fsp3) is 0.167. The molecule has 0 aliphatic carbocycles. The highest BCUT2D eigenvalue weighted by Gasteiger charge is 2.10. The molecule has 0 saturated carbocycles. The van der Waals surface area contributed by atoms with Crippen LogP contribution < -0.4 is 14.9 Å². The van der Waals surface area contributed by atoms with Gasteiger partial charge in [0.05, 0.1) is 26.7 Å². The van der Waals surface area contributed by atoms with Crippen LogP contribution in [0.5, 0.6) is 11.5 Å². The molecule has 0 aliphatic rings. The summed E-state index contributed by atoms with van der Waals surface area (Å²) in [5, 5.41) is 14.8. The van der Waals surface area contributed by atoms with Gasteiger partial charge in [-0.15, -0.1) is 0 Å². The van der Waals surface area contributed by atoms with Crippen LogP contribution in [0.2, 0.25) is 0 Å². The van der Waals surface area contributed by atoms with Crippen LogP contribution in [0.1, 0.15) is 34.8 Å². The highest BCUT2D eigenvalue weighted by atomic mass is 79.9. The van der Waals surface area contributed by atoms with Crippen LogP contribution in [0.3, 0.4) is 0 Å². The van der Waals surface area contributed by atoms with Crippen LogP contribution in [-0.2, 0) is 6.61 Å². The normalized spacial score (nSPS) is 10.8. The van der Waals surface area contributed by atoms with Gasteiger partial charge < -0.3 is 9.47 Å². The summed E-state index contributed by atoms with van der Waals surface area (Å²) >= 11 is 6.96. The van der Waals surface area contributed by atoms with Crippen LogP contribution in [0.4, 0.5) is 5.69 Å². The SMILES string of the molecule is CCCOc1ccc(C(=O)N/N=C/c2cc(Br)c(OCc3ccc([N+](=O)[O-])cc3)c(Br)c2)cc1. The summed E-state index contributed by atoms with van der Waals surface area (Å²) in [5.41, 5.74) is 4.52. The monoisotopic (exact) mass is 589 g/mol. The fourth-order valence-electron chi connectivity index (χ4n) is 2.81. The zero-order valence-corrected chi connectivity index (χ0v) is 21.3.